The van der Waals surface area contributed by atoms with E-state index in [-0.39, 0.29) is 35.5 Å². The maximum atomic E-state index is 14.1. The van der Waals surface area contributed by atoms with Gasteiger partial charge in [0.25, 0.3) is 0 Å². The Labute approximate surface area is 125 Å². The molecule has 6 heteroatoms. The molecule has 0 bridgehead atoms. The van der Waals surface area contributed by atoms with Crippen LogP contribution in [0.3, 0.4) is 0 Å². The van der Waals surface area contributed by atoms with Gasteiger partial charge in [-0.2, -0.15) is 4.39 Å². The fourth-order valence-electron chi connectivity index (χ4n) is 2.10. The maximum Gasteiger partial charge on any atom is 0.201 e. The number of ether oxygens (including phenoxy) is 2. The van der Waals surface area contributed by atoms with E-state index in [1.54, 1.807) is 0 Å². The summed E-state index contributed by atoms with van der Waals surface area (Å²) in [5.41, 5.74) is -0.608. The molecule has 0 fully saturated rings. The summed E-state index contributed by atoms with van der Waals surface area (Å²) in [6.07, 6.45) is 0.180. The molecule has 118 valence electrons. The van der Waals surface area contributed by atoms with Crippen LogP contribution in [0.5, 0.6) is 5.75 Å². The Kier molecular flexibility index (Phi) is 5.03. The molecule has 0 aliphatic carbocycles. The van der Waals surface area contributed by atoms with Crippen LogP contribution in [0.25, 0.3) is 11.1 Å². The van der Waals surface area contributed by atoms with Crippen LogP contribution in [0.2, 0.25) is 0 Å². The molecule has 2 nitrogen and oxygen atoms in total. The molecule has 0 aromatic heterocycles. The average molecular weight is 314 g/mol. The number of methoxy groups -OCH3 is 2. The first-order valence-corrected chi connectivity index (χ1v) is 6.49. The van der Waals surface area contributed by atoms with Gasteiger partial charge in [0.1, 0.15) is 0 Å². The van der Waals surface area contributed by atoms with Gasteiger partial charge in [-0.1, -0.05) is 12.1 Å². The van der Waals surface area contributed by atoms with E-state index in [2.05, 4.69) is 4.74 Å². The van der Waals surface area contributed by atoms with E-state index < -0.39 is 23.3 Å². The van der Waals surface area contributed by atoms with E-state index in [0.717, 1.165) is 12.1 Å². The van der Waals surface area contributed by atoms with Crippen molar-refractivity contribution in [3.8, 4) is 16.9 Å². The fourth-order valence-corrected chi connectivity index (χ4v) is 2.10. The molecule has 2 aromatic rings. The maximum absolute atomic E-state index is 14.1. The summed E-state index contributed by atoms with van der Waals surface area (Å²) in [5, 5.41) is 0. The van der Waals surface area contributed by atoms with E-state index in [1.165, 1.54) is 26.4 Å². The van der Waals surface area contributed by atoms with Gasteiger partial charge >= 0.3 is 0 Å². The minimum atomic E-state index is -1.29. The first kappa shape index (κ1) is 16.3. The molecule has 0 atom stereocenters. The van der Waals surface area contributed by atoms with Crippen LogP contribution in [0.15, 0.2) is 24.3 Å². The van der Waals surface area contributed by atoms with Crippen LogP contribution in [-0.4, -0.2) is 20.8 Å². The van der Waals surface area contributed by atoms with Gasteiger partial charge in [0.05, 0.1) is 13.7 Å². The summed E-state index contributed by atoms with van der Waals surface area (Å²) >= 11 is 0. The second-order valence-corrected chi connectivity index (χ2v) is 4.59. The van der Waals surface area contributed by atoms with Gasteiger partial charge in [0.2, 0.25) is 5.82 Å². The Bertz CT molecular complexity index is 686. The molecule has 0 saturated carbocycles. The Morgan fingerprint density at radius 3 is 1.95 bits per heavy atom. The molecule has 0 heterocycles. The van der Waals surface area contributed by atoms with Gasteiger partial charge in [-0.05, 0) is 24.1 Å². The Morgan fingerprint density at radius 1 is 0.773 bits per heavy atom. The van der Waals surface area contributed by atoms with Gasteiger partial charge in [0, 0.05) is 18.2 Å². The lowest BCUT2D eigenvalue weighted by Crippen LogP contribution is -2.02. The number of hydrogen-bond acceptors (Lipinski definition) is 2. The predicted octanol–water partition coefficient (Wildman–Crippen LogP) is 4.11. The quantitative estimate of drug-likeness (QED) is 0.773. The minimum absolute atomic E-state index is 0.109. The molecular weight excluding hydrogens is 300 g/mol. The monoisotopic (exact) mass is 314 g/mol. The second kappa shape index (κ2) is 6.79. The highest BCUT2D eigenvalue weighted by molar-refractivity contribution is 5.66. The molecule has 2 aromatic carbocycles. The lowest BCUT2D eigenvalue weighted by molar-refractivity contribution is 0.201. The lowest BCUT2D eigenvalue weighted by atomic mass is 10.0. The van der Waals surface area contributed by atoms with Crippen molar-refractivity contribution in [1.29, 1.82) is 0 Å². The third kappa shape index (κ3) is 2.92. The van der Waals surface area contributed by atoms with Crippen LogP contribution in [0, 0.1) is 23.3 Å². The molecular formula is C16H14F4O2. The van der Waals surface area contributed by atoms with Gasteiger partial charge in [-0.3, -0.25) is 0 Å². The van der Waals surface area contributed by atoms with E-state index in [9.17, 15) is 17.6 Å². The summed E-state index contributed by atoms with van der Waals surface area (Å²) in [6.45, 7) is 0.223. The molecule has 0 radical (unpaired) electrons. The molecule has 0 spiro atoms. The third-order valence-corrected chi connectivity index (χ3v) is 3.29. The highest BCUT2D eigenvalue weighted by atomic mass is 19.2. The van der Waals surface area contributed by atoms with E-state index in [4.69, 9.17) is 4.74 Å². The van der Waals surface area contributed by atoms with Crippen molar-refractivity contribution in [1.82, 2.24) is 0 Å². The summed E-state index contributed by atoms with van der Waals surface area (Å²) in [7, 11) is 2.63. The largest absolute Gasteiger partial charge is 0.494 e. The first-order chi connectivity index (χ1) is 10.5. The van der Waals surface area contributed by atoms with Gasteiger partial charge in [-0.15, -0.1) is 0 Å². The first-order valence-electron chi connectivity index (χ1n) is 6.49. The van der Waals surface area contributed by atoms with E-state index in [0.29, 0.717) is 0 Å². The van der Waals surface area contributed by atoms with E-state index >= 15 is 0 Å². The minimum Gasteiger partial charge on any atom is -0.494 e. The van der Waals surface area contributed by atoms with E-state index in [1.807, 2.05) is 0 Å². The Hall–Kier alpha value is -2.08. The van der Waals surface area contributed by atoms with Crippen molar-refractivity contribution in [2.45, 2.75) is 6.42 Å². The molecule has 0 unspecified atom stereocenters. The van der Waals surface area contributed by atoms with Gasteiger partial charge in [-0.25, -0.2) is 13.2 Å². The normalized spacial score (nSPS) is 10.8. The highest BCUT2D eigenvalue weighted by Gasteiger charge is 2.20. The SMILES string of the molecule is COCCc1ccc(-c2ccc(OC)c(F)c2F)c(F)c1F. The van der Waals surface area contributed by atoms with Crippen molar-refractivity contribution < 1.29 is 27.0 Å². The summed E-state index contributed by atoms with van der Waals surface area (Å²) in [4.78, 5) is 0. The number of rotatable bonds is 5. The standard InChI is InChI=1S/C16H14F4O2/c1-21-8-7-9-3-4-10(14(18)13(9)17)11-5-6-12(22-2)16(20)15(11)19/h3-6H,7-8H2,1-2H3. The van der Waals surface area contributed by atoms with Gasteiger partial charge in [0.15, 0.2) is 23.2 Å². The molecule has 22 heavy (non-hydrogen) atoms. The third-order valence-electron chi connectivity index (χ3n) is 3.29. The van der Waals surface area contributed by atoms with Crippen molar-refractivity contribution in [2.75, 3.05) is 20.8 Å². The van der Waals surface area contributed by atoms with Crippen LogP contribution >= 0.6 is 0 Å². The lowest BCUT2D eigenvalue weighted by Gasteiger charge is -2.11. The zero-order valence-corrected chi connectivity index (χ0v) is 12.1. The Balaban J connectivity index is 2.50. The van der Waals surface area contributed by atoms with Crippen molar-refractivity contribution >= 4 is 0 Å². The number of hydrogen-bond donors (Lipinski definition) is 0. The smallest absolute Gasteiger partial charge is 0.201 e. The zero-order valence-electron chi connectivity index (χ0n) is 12.1. The van der Waals surface area contributed by atoms with Crippen LogP contribution in [-0.2, 0) is 11.2 Å². The van der Waals surface area contributed by atoms with Crippen molar-refractivity contribution in [3.63, 3.8) is 0 Å². The van der Waals surface area contributed by atoms with Crippen molar-refractivity contribution in [3.05, 3.63) is 53.1 Å². The summed E-state index contributed by atoms with van der Waals surface area (Å²) < 4.78 is 65.2. The molecule has 0 N–H and O–H groups in total. The van der Waals surface area contributed by atoms with Gasteiger partial charge < -0.3 is 9.47 Å². The topological polar surface area (TPSA) is 18.5 Å². The molecule has 0 aliphatic heterocycles. The molecule has 2 rings (SSSR count). The second-order valence-electron chi connectivity index (χ2n) is 4.59. The molecule has 0 saturated heterocycles. The summed E-state index contributed by atoms with van der Waals surface area (Å²) in [6, 6.07) is 4.84. The number of benzene rings is 2. The predicted molar refractivity (Wildman–Crippen MR) is 73.8 cm³/mol. The fraction of sp³-hybridized carbons (Fsp3) is 0.250. The molecule has 0 aliphatic rings. The Morgan fingerprint density at radius 2 is 1.36 bits per heavy atom. The number of halogens is 4. The highest BCUT2D eigenvalue weighted by Crippen LogP contribution is 2.32. The van der Waals surface area contributed by atoms with Crippen molar-refractivity contribution in [2.24, 2.45) is 0 Å². The van der Waals surface area contributed by atoms with Crippen LogP contribution in [0.4, 0.5) is 17.6 Å². The average Bonchev–Trinajstić information content (AvgIpc) is 2.52. The van der Waals surface area contributed by atoms with Crippen LogP contribution < -0.4 is 4.74 Å². The summed E-state index contributed by atoms with van der Waals surface area (Å²) in [5.74, 6) is -5.16. The zero-order chi connectivity index (χ0) is 16.3. The molecule has 0 amide bonds. The van der Waals surface area contributed by atoms with Crippen LogP contribution in [0.1, 0.15) is 5.56 Å².